The minimum Gasteiger partial charge on any atom is -0.491 e. The van der Waals surface area contributed by atoms with Crippen LogP contribution in [0.3, 0.4) is 0 Å². The van der Waals surface area contributed by atoms with Crippen LogP contribution >= 0.6 is 0 Å². The Labute approximate surface area is 101 Å². The van der Waals surface area contributed by atoms with Gasteiger partial charge in [-0.15, -0.1) is 0 Å². The second-order valence-electron chi connectivity index (χ2n) is 4.30. The Kier molecular flexibility index (Phi) is 3.00. The van der Waals surface area contributed by atoms with Gasteiger partial charge in [-0.2, -0.15) is 0 Å². The number of nitrogens with two attached hydrogens (primary N) is 1. The lowest BCUT2D eigenvalue weighted by Crippen LogP contribution is -2.10. The first-order chi connectivity index (χ1) is 8.06. The van der Waals surface area contributed by atoms with Gasteiger partial charge >= 0.3 is 0 Å². The van der Waals surface area contributed by atoms with Crippen LogP contribution in [-0.2, 0) is 0 Å². The van der Waals surface area contributed by atoms with Crippen molar-refractivity contribution in [1.29, 1.82) is 5.41 Å². The third-order valence-corrected chi connectivity index (χ3v) is 2.49. The van der Waals surface area contributed by atoms with Gasteiger partial charge in [-0.05, 0) is 42.8 Å². The molecule has 3 N–H and O–H groups in total. The van der Waals surface area contributed by atoms with Crippen LogP contribution in [0, 0.1) is 5.41 Å². The normalized spacial score (nSPS) is 10.8. The molecule has 17 heavy (non-hydrogen) atoms. The molecule has 3 heteroatoms. The van der Waals surface area contributed by atoms with E-state index < -0.39 is 0 Å². The second-order valence-corrected chi connectivity index (χ2v) is 4.30. The molecule has 88 valence electrons. The number of rotatable bonds is 3. The van der Waals surface area contributed by atoms with Gasteiger partial charge in [-0.3, -0.25) is 5.41 Å². The average molecular weight is 228 g/mol. The Morgan fingerprint density at radius 3 is 2.41 bits per heavy atom. The number of amidine groups is 1. The van der Waals surface area contributed by atoms with E-state index in [0.717, 1.165) is 22.1 Å². The molecule has 0 aromatic heterocycles. The zero-order valence-electron chi connectivity index (χ0n) is 10.0. The Morgan fingerprint density at radius 2 is 1.76 bits per heavy atom. The highest BCUT2D eigenvalue weighted by Gasteiger charge is 2.02. The first-order valence-electron chi connectivity index (χ1n) is 5.61. The Hall–Kier alpha value is -2.03. The second kappa shape index (κ2) is 4.45. The molecule has 0 heterocycles. The van der Waals surface area contributed by atoms with E-state index in [1.54, 1.807) is 0 Å². The monoisotopic (exact) mass is 228 g/mol. The summed E-state index contributed by atoms with van der Waals surface area (Å²) in [5, 5.41) is 9.55. The minimum absolute atomic E-state index is 0.0920. The summed E-state index contributed by atoms with van der Waals surface area (Å²) in [6.07, 6.45) is 0.170. The van der Waals surface area contributed by atoms with E-state index in [2.05, 4.69) is 0 Å². The molecule has 0 atom stereocenters. The minimum atomic E-state index is 0.0920. The molecule has 2 aromatic carbocycles. The molecule has 0 aliphatic carbocycles. The van der Waals surface area contributed by atoms with Gasteiger partial charge in [0.25, 0.3) is 0 Å². The van der Waals surface area contributed by atoms with Gasteiger partial charge < -0.3 is 10.5 Å². The smallest absolute Gasteiger partial charge is 0.122 e. The van der Waals surface area contributed by atoms with Crippen molar-refractivity contribution >= 4 is 16.6 Å². The van der Waals surface area contributed by atoms with Gasteiger partial charge in [-0.1, -0.05) is 18.2 Å². The van der Waals surface area contributed by atoms with Crippen molar-refractivity contribution < 1.29 is 4.74 Å². The molecule has 0 bridgehead atoms. The summed E-state index contributed by atoms with van der Waals surface area (Å²) >= 11 is 0. The van der Waals surface area contributed by atoms with Crippen LogP contribution in [0.1, 0.15) is 19.4 Å². The van der Waals surface area contributed by atoms with E-state index in [9.17, 15) is 0 Å². The molecule has 2 aromatic rings. The molecule has 0 amide bonds. The van der Waals surface area contributed by atoms with Crippen molar-refractivity contribution in [2.24, 2.45) is 5.73 Å². The number of benzene rings is 2. The first kappa shape index (κ1) is 11.5. The lowest BCUT2D eigenvalue weighted by atomic mass is 10.1. The van der Waals surface area contributed by atoms with Crippen LogP contribution in [0.25, 0.3) is 10.8 Å². The van der Waals surface area contributed by atoms with E-state index in [0.29, 0.717) is 0 Å². The van der Waals surface area contributed by atoms with Crippen LogP contribution in [-0.4, -0.2) is 11.9 Å². The molecule has 0 radical (unpaired) electrons. The van der Waals surface area contributed by atoms with E-state index in [4.69, 9.17) is 15.9 Å². The van der Waals surface area contributed by atoms with Crippen LogP contribution in [0.2, 0.25) is 0 Å². The summed E-state index contributed by atoms with van der Waals surface area (Å²) in [4.78, 5) is 0. The molecular weight excluding hydrogens is 212 g/mol. The summed E-state index contributed by atoms with van der Waals surface area (Å²) in [5.74, 6) is 0.956. The summed E-state index contributed by atoms with van der Waals surface area (Å²) in [5.41, 5.74) is 6.20. The number of nitrogens with one attached hydrogen (secondary N) is 1. The van der Waals surface area contributed by atoms with Crippen molar-refractivity contribution in [3.05, 3.63) is 42.0 Å². The van der Waals surface area contributed by atoms with Gasteiger partial charge in [0.1, 0.15) is 11.6 Å². The molecule has 0 aliphatic heterocycles. The molecular formula is C14H16N2O. The van der Waals surface area contributed by atoms with Crippen LogP contribution in [0.15, 0.2) is 36.4 Å². The highest BCUT2D eigenvalue weighted by Crippen LogP contribution is 2.22. The van der Waals surface area contributed by atoms with Gasteiger partial charge in [-0.25, -0.2) is 0 Å². The Bertz CT molecular complexity index is 561. The highest BCUT2D eigenvalue weighted by molar-refractivity contribution is 5.99. The summed E-state index contributed by atoms with van der Waals surface area (Å²) in [7, 11) is 0. The van der Waals surface area contributed by atoms with Crippen LogP contribution in [0.4, 0.5) is 0 Å². The molecule has 3 nitrogen and oxygen atoms in total. The SMILES string of the molecule is CC(C)Oc1ccc2cc(C(=N)N)ccc2c1. The predicted octanol–water partition coefficient (Wildman–Crippen LogP) is 2.91. The fourth-order valence-corrected chi connectivity index (χ4v) is 1.74. The number of fused-ring (bicyclic) bond motifs is 1. The van der Waals surface area contributed by atoms with Crippen molar-refractivity contribution in [1.82, 2.24) is 0 Å². The molecule has 0 saturated heterocycles. The van der Waals surface area contributed by atoms with Crippen molar-refractivity contribution in [2.45, 2.75) is 20.0 Å². The quantitative estimate of drug-likeness (QED) is 0.626. The van der Waals surface area contributed by atoms with Gasteiger partial charge in [0.2, 0.25) is 0 Å². The summed E-state index contributed by atoms with van der Waals surface area (Å²) < 4.78 is 5.63. The molecule has 0 saturated carbocycles. The maximum absolute atomic E-state index is 7.40. The van der Waals surface area contributed by atoms with E-state index in [-0.39, 0.29) is 11.9 Å². The van der Waals surface area contributed by atoms with Gasteiger partial charge in [0.05, 0.1) is 6.10 Å². The van der Waals surface area contributed by atoms with Gasteiger partial charge in [0.15, 0.2) is 0 Å². The molecule has 0 fully saturated rings. The fourth-order valence-electron chi connectivity index (χ4n) is 1.74. The van der Waals surface area contributed by atoms with Crippen molar-refractivity contribution in [3.63, 3.8) is 0 Å². The number of ether oxygens (including phenoxy) is 1. The first-order valence-corrected chi connectivity index (χ1v) is 5.61. The zero-order chi connectivity index (χ0) is 12.4. The fraction of sp³-hybridized carbons (Fsp3) is 0.214. The Balaban J connectivity index is 2.43. The maximum Gasteiger partial charge on any atom is 0.122 e. The lowest BCUT2D eigenvalue weighted by molar-refractivity contribution is 0.243. The molecule has 0 spiro atoms. The Morgan fingerprint density at radius 1 is 1.12 bits per heavy atom. The summed E-state index contributed by atoms with van der Waals surface area (Å²) in [6.45, 7) is 4.01. The molecule has 0 unspecified atom stereocenters. The third-order valence-electron chi connectivity index (χ3n) is 2.49. The number of hydrogen-bond acceptors (Lipinski definition) is 2. The largest absolute Gasteiger partial charge is 0.491 e. The third kappa shape index (κ3) is 2.56. The van der Waals surface area contributed by atoms with Crippen molar-refractivity contribution in [3.8, 4) is 5.75 Å². The standard InChI is InChI=1S/C14H16N2O/c1-9(2)17-13-6-5-10-7-12(14(15)16)4-3-11(10)8-13/h3-9H,1-2H3,(H3,15,16). The topological polar surface area (TPSA) is 59.1 Å². The molecule has 2 rings (SSSR count). The molecule has 0 aliphatic rings. The van der Waals surface area contributed by atoms with E-state index in [1.165, 1.54) is 0 Å². The zero-order valence-corrected chi connectivity index (χ0v) is 10.0. The van der Waals surface area contributed by atoms with Crippen molar-refractivity contribution in [2.75, 3.05) is 0 Å². The lowest BCUT2D eigenvalue weighted by Gasteiger charge is -2.10. The highest BCUT2D eigenvalue weighted by atomic mass is 16.5. The average Bonchev–Trinajstić information content (AvgIpc) is 2.27. The van der Waals surface area contributed by atoms with Crippen LogP contribution in [0.5, 0.6) is 5.75 Å². The number of nitrogen functional groups attached to an aromatic ring is 1. The van der Waals surface area contributed by atoms with E-state index in [1.807, 2.05) is 50.2 Å². The predicted molar refractivity (Wildman–Crippen MR) is 70.7 cm³/mol. The van der Waals surface area contributed by atoms with Gasteiger partial charge in [0, 0.05) is 5.56 Å². The summed E-state index contributed by atoms with van der Waals surface area (Å²) in [6, 6.07) is 11.6. The van der Waals surface area contributed by atoms with Crippen LogP contribution < -0.4 is 10.5 Å². The van der Waals surface area contributed by atoms with E-state index >= 15 is 0 Å². The maximum atomic E-state index is 7.40. The number of hydrogen-bond donors (Lipinski definition) is 2.